The molecule has 0 aromatic rings. The standard InChI is InChI=1S/C9H19N/c1-4-10-7-8-5-6-9(8,2)3/h8,10H,4-7H2,1-3H3. The van der Waals surface area contributed by atoms with Gasteiger partial charge >= 0.3 is 0 Å². The zero-order valence-electron chi connectivity index (χ0n) is 7.41. The zero-order chi connectivity index (χ0) is 7.61. The number of nitrogens with one attached hydrogen (secondary N) is 1. The van der Waals surface area contributed by atoms with Gasteiger partial charge in [0.1, 0.15) is 0 Å². The van der Waals surface area contributed by atoms with Gasteiger partial charge in [0.15, 0.2) is 0 Å². The first-order valence-electron chi connectivity index (χ1n) is 4.37. The fourth-order valence-corrected chi connectivity index (χ4v) is 1.62. The lowest BCUT2D eigenvalue weighted by molar-refractivity contribution is 0.0725. The highest BCUT2D eigenvalue weighted by molar-refractivity contribution is 4.89. The Labute approximate surface area is 64.2 Å². The lowest BCUT2D eigenvalue weighted by atomic mass is 9.62. The molecule has 0 radical (unpaired) electrons. The van der Waals surface area contributed by atoms with Gasteiger partial charge in [-0.2, -0.15) is 0 Å². The van der Waals surface area contributed by atoms with E-state index >= 15 is 0 Å². The first-order valence-corrected chi connectivity index (χ1v) is 4.37. The van der Waals surface area contributed by atoms with Gasteiger partial charge in [-0.1, -0.05) is 20.8 Å². The summed E-state index contributed by atoms with van der Waals surface area (Å²) in [6, 6.07) is 0. The van der Waals surface area contributed by atoms with Crippen LogP contribution in [0.25, 0.3) is 0 Å². The van der Waals surface area contributed by atoms with E-state index in [1.165, 1.54) is 19.4 Å². The lowest BCUT2D eigenvalue weighted by Gasteiger charge is -2.44. The first-order chi connectivity index (χ1) is 4.67. The summed E-state index contributed by atoms with van der Waals surface area (Å²) < 4.78 is 0. The van der Waals surface area contributed by atoms with E-state index in [1.54, 1.807) is 0 Å². The Bertz CT molecular complexity index is 107. The molecule has 1 heteroatoms. The molecule has 1 aliphatic rings. The molecule has 10 heavy (non-hydrogen) atoms. The second kappa shape index (κ2) is 2.91. The van der Waals surface area contributed by atoms with Crippen molar-refractivity contribution >= 4 is 0 Å². The van der Waals surface area contributed by atoms with Crippen LogP contribution in [0.15, 0.2) is 0 Å². The minimum absolute atomic E-state index is 0.627. The summed E-state index contributed by atoms with van der Waals surface area (Å²) in [6.45, 7) is 9.26. The largest absolute Gasteiger partial charge is 0.317 e. The molecular weight excluding hydrogens is 122 g/mol. The third-order valence-corrected chi connectivity index (χ3v) is 2.88. The molecule has 0 aromatic carbocycles. The summed E-state index contributed by atoms with van der Waals surface area (Å²) >= 11 is 0. The minimum Gasteiger partial charge on any atom is -0.317 e. The predicted molar refractivity (Wildman–Crippen MR) is 45.0 cm³/mol. The molecule has 1 atom stereocenters. The van der Waals surface area contributed by atoms with Crippen LogP contribution in [0.5, 0.6) is 0 Å². The third-order valence-electron chi connectivity index (χ3n) is 2.88. The van der Waals surface area contributed by atoms with Crippen molar-refractivity contribution in [3.8, 4) is 0 Å². The zero-order valence-corrected chi connectivity index (χ0v) is 7.41. The number of hydrogen-bond donors (Lipinski definition) is 1. The van der Waals surface area contributed by atoms with Crippen LogP contribution in [0.2, 0.25) is 0 Å². The van der Waals surface area contributed by atoms with Crippen LogP contribution in [0, 0.1) is 11.3 Å². The Morgan fingerprint density at radius 3 is 2.50 bits per heavy atom. The van der Waals surface area contributed by atoms with Gasteiger partial charge in [0, 0.05) is 0 Å². The van der Waals surface area contributed by atoms with Crippen LogP contribution in [0.1, 0.15) is 33.6 Å². The van der Waals surface area contributed by atoms with Gasteiger partial charge in [-0.25, -0.2) is 0 Å². The molecule has 0 aromatic heterocycles. The Balaban J connectivity index is 2.17. The van der Waals surface area contributed by atoms with Crippen molar-refractivity contribution in [2.24, 2.45) is 11.3 Å². The molecule has 1 rings (SSSR count). The van der Waals surface area contributed by atoms with Crippen molar-refractivity contribution in [1.29, 1.82) is 0 Å². The molecule has 0 aliphatic heterocycles. The normalized spacial score (nSPS) is 29.7. The maximum absolute atomic E-state index is 3.41. The van der Waals surface area contributed by atoms with E-state index in [4.69, 9.17) is 0 Å². The Kier molecular flexibility index (Phi) is 2.35. The molecule has 0 saturated heterocycles. The molecule has 1 fully saturated rings. The van der Waals surface area contributed by atoms with Gasteiger partial charge in [0.05, 0.1) is 0 Å². The summed E-state index contributed by atoms with van der Waals surface area (Å²) in [4.78, 5) is 0. The molecule has 1 aliphatic carbocycles. The van der Waals surface area contributed by atoms with E-state index in [0.717, 1.165) is 12.5 Å². The Hall–Kier alpha value is -0.0400. The molecule has 1 unspecified atom stereocenters. The maximum Gasteiger partial charge on any atom is -0.00155 e. The van der Waals surface area contributed by atoms with Crippen LogP contribution in [0.4, 0.5) is 0 Å². The van der Waals surface area contributed by atoms with E-state index in [2.05, 4.69) is 26.1 Å². The van der Waals surface area contributed by atoms with Gasteiger partial charge < -0.3 is 5.32 Å². The Morgan fingerprint density at radius 1 is 1.50 bits per heavy atom. The van der Waals surface area contributed by atoms with Gasteiger partial charge in [0.2, 0.25) is 0 Å². The number of hydrogen-bond acceptors (Lipinski definition) is 1. The molecule has 60 valence electrons. The first kappa shape index (κ1) is 8.06. The lowest BCUT2D eigenvalue weighted by Crippen LogP contribution is -2.41. The van der Waals surface area contributed by atoms with E-state index in [0.29, 0.717) is 5.41 Å². The van der Waals surface area contributed by atoms with E-state index in [1.807, 2.05) is 0 Å². The fourth-order valence-electron chi connectivity index (χ4n) is 1.62. The molecule has 0 amide bonds. The molecule has 1 saturated carbocycles. The van der Waals surface area contributed by atoms with Crippen LogP contribution in [-0.2, 0) is 0 Å². The monoisotopic (exact) mass is 141 g/mol. The van der Waals surface area contributed by atoms with E-state index < -0.39 is 0 Å². The second-order valence-corrected chi connectivity index (χ2v) is 4.03. The highest BCUT2D eigenvalue weighted by Crippen LogP contribution is 2.45. The summed E-state index contributed by atoms with van der Waals surface area (Å²) in [5.41, 5.74) is 0.627. The van der Waals surface area contributed by atoms with Crippen molar-refractivity contribution < 1.29 is 0 Å². The van der Waals surface area contributed by atoms with E-state index in [-0.39, 0.29) is 0 Å². The summed E-state index contributed by atoms with van der Waals surface area (Å²) in [5.74, 6) is 0.937. The van der Waals surface area contributed by atoms with Gasteiger partial charge in [-0.3, -0.25) is 0 Å². The van der Waals surface area contributed by atoms with Gasteiger partial charge in [-0.15, -0.1) is 0 Å². The Morgan fingerprint density at radius 2 is 2.20 bits per heavy atom. The SMILES string of the molecule is CCNCC1CCC1(C)C. The molecule has 0 bridgehead atoms. The van der Waals surface area contributed by atoms with Crippen molar-refractivity contribution in [3.63, 3.8) is 0 Å². The van der Waals surface area contributed by atoms with Crippen molar-refractivity contribution in [3.05, 3.63) is 0 Å². The van der Waals surface area contributed by atoms with Crippen LogP contribution < -0.4 is 5.32 Å². The van der Waals surface area contributed by atoms with Crippen LogP contribution in [0.3, 0.4) is 0 Å². The van der Waals surface area contributed by atoms with Crippen molar-refractivity contribution in [2.45, 2.75) is 33.6 Å². The molecular formula is C9H19N. The average molecular weight is 141 g/mol. The smallest absolute Gasteiger partial charge is 0.00155 e. The minimum atomic E-state index is 0.627. The quantitative estimate of drug-likeness (QED) is 0.634. The molecule has 1 nitrogen and oxygen atoms in total. The van der Waals surface area contributed by atoms with Gasteiger partial charge in [-0.05, 0) is 37.3 Å². The summed E-state index contributed by atoms with van der Waals surface area (Å²) in [6.07, 6.45) is 2.85. The molecule has 0 heterocycles. The van der Waals surface area contributed by atoms with Gasteiger partial charge in [0.25, 0.3) is 0 Å². The summed E-state index contributed by atoms with van der Waals surface area (Å²) in [7, 11) is 0. The van der Waals surface area contributed by atoms with Crippen molar-refractivity contribution in [1.82, 2.24) is 5.32 Å². The third kappa shape index (κ3) is 1.51. The number of rotatable bonds is 3. The second-order valence-electron chi connectivity index (χ2n) is 4.03. The molecule has 0 spiro atoms. The van der Waals surface area contributed by atoms with E-state index in [9.17, 15) is 0 Å². The maximum atomic E-state index is 3.41. The predicted octanol–water partition coefficient (Wildman–Crippen LogP) is 2.03. The van der Waals surface area contributed by atoms with Crippen LogP contribution in [-0.4, -0.2) is 13.1 Å². The summed E-state index contributed by atoms with van der Waals surface area (Å²) in [5, 5.41) is 3.41. The highest BCUT2D eigenvalue weighted by Gasteiger charge is 2.37. The topological polar surface area (TPSA) is 12.0 Å². The van der Waals surface area contributed by atoms with Crippen LogP contribution >= 0.6 is 0 Å². The average Bonchev–Trinajstić information content (AvgIpc) is 1.87. The van der Waals surface area contributed by atoms with Crippen molar-refractivity contribution in [2.75, 3.05) is 13.1 Å². The highest BCUT2D eigenvalue weighted by atomic mass is 14.9. The molecule has 1 N–H and O–H groups in total. The fraction of sp³-hybridized carbons (Fsp3) is 1.00.